The van der Waals surface area contributed by atoms with E-state index < -0.39 is 5.63 Å². The third-order valence-corrected chi connectivity index (χ3v) is 7.00. The molecule has 6 rings (SSSR count). The SMILES string of the molecule is O.O=C(/C=C/c1ccccc1)c1cc2c(ccc3ccccc32)oc1=O.[Cu+].[O-]c1c(I)cc(Cl)c2cccnc12. The number of nitrogens with zero attached hydrogens (tertiary/aromatic N) is 1. The van der Waals surface area contributed by atoms with Crippen LogP contribution >= 0.6 is 34.2 Å². The molecule has 0 amide bonds. The maximum absolute atomic E-state index is 12.5. The first-order valence-electron chi connectivity index (χ1n) is 11.5. The third kappa shape index (κ3) is 6.60. The van der Waals surface area contributed by atoms with Gasteiger partial charge in [0.2, 0.25) is 0 Å². The predicted molar refractivity (Wildman–Crippen MR) is 162 cm³/mol. The van der Waals surface area contributed by atoms with E-state index in [9.17, 15) is 14.7 Å². The van der Waals surface area contributed by atoms with Gasteiger partial charge >= 0.3 is 22.7 Å². The van der Waals surface area contributed by atoms with Crippen LogP contribution in [0.1, 0.15) is 15.9 Å². The van der Waals surface area contributed by atoms with Gasteiger partial charge in [0.05, 0.1) is 10.5 Å². The van der Waals surface area contributed by atoms with Crippen LogP contribution in [-0.2, 0) is 17.1 Å². The average molecular weight is 712 g/mol. The van der Waals surface area contributed by atoms with Crippen molar-refractivity contribution in [2.45, 2.75) is 0 Å². The first kappa shape index (κ1) is 31.0. The maximum atomic E-state index is 12.5. The number of ketones is 1. The maximum Gasteiger partial charge on any atom is 1.00 e. The third-order valence-electron chi connectivity index (χ3n) is 5.88. The van der Waals surface area contributed by atoms with Crippen molar-refractivity contribution < 1.29 is 36.9 Å². The van der Waals surface area contributed by atoms with Crippen molar-refractivity contribution in [1.82, 2.24) is 4.98 Å². The number of allylic oxidation sites excluding steroid dienone is 1. The van der Waals surface area contributed by atoms with Crippen molar-refractivity contribution in [3.05, 3.63) is 133 Å². The number of halogens is 2. The van der Waals surface area contributed by atoms with E-state index in [1.54, 1.807) is 42.6 Å². The molecule has 2 heterocycles. The van der Waals surface area contributed by atoms with Gasteiger partial charge < -0.3 is 15.0 Å². The molecule has 0 aliphatic heterocycles. The molecule has 6 aromatic rings. The molecule has 4 aromatic carbocycles. The number of fused-ring (bicyclic) bond motifs is 4. The number of aromatic nitrogens is 1. The van der Waals surface area contributed by atoms with Crippen molar-refractivity contribution in [1.29, 1.82) is 0 Å². The molecular weight excluding hydrogens is 692 g/mol. The Balaban J connectivity index is 0.000000250. The summed E-state index contributed by atoms with van der Waals surface area (Å²) in [6.07, 6.45) is 4.68. The van der Waals surface area contributed by atoms with Gasteiger partial charge in [0.1, 0.15) is 11.1 Å². The number of carbonyl (C=O) groups excluding carboxylic acids is 1. The summed E-state index contributed by atoms with van der Waals surface area (Å²) in [4.78, 5) is 28.7. The van der Waals surface area contributed by atoms with Gasteiger partial charge in [-0.1, -0.05) is 84.1 Å². The van der Waals surface area contributed by atoms with Crippen LogP contribution in [0.25, 0.3) is 38.7 Å². The minimum atomic E-state index is -0.620. The van der Waals surface area contributed by atoms with Crippen LogP contribution in [0.15, 0.2) is 112 Å². The average Bonchev–Trinajstić information content (AvgIpc) is 2.95. The molecule has 2 aromatic heterocycles. The molecule has 0 unspecified atom stereocenters. The molecule has 0 radical (unpaired) electrons. The number of benzene rings is 4. The van der Waals surface area contributed by atoms with Gasteiger partial charge in [0.25, 0.3) is 0 Å². The van der Waals surface area contributed by atoms with E-state index >= 15 is 0 Å². The van der Waals surface area contributed by atoms with E-state index in [4.69, 9.17) is 16.0 Å². The molecule has 40 heavy (non-hydrogen) atoms. The quantitative estimate of drug-likeness (QED) is 0.0514. The summed E-state index contributed by atoms with van der Waals surface area (Å²) >= 11 is 7.91. The molecule has 0 aliphatic carbocycles. The van der Waals surface area contributed by atoms with Crippen LogP contribution in [0, 0.1) is 3.57 Å². The Morgan fingerprint density at radius 3 is 2.38 bits per heavy atom. The molecule has 204 valence electrons. The summed E-state index contributed by atoms with van der Waals surface area (Å²) < 4.78 is 5.97. The van der Waals surface area contributed by atoms with Crippen molar-refractivity contribution in [2.24, 2.45) is 0 Å². The first-order valence-corrected chi connectivity index (χ1v) is 13.0. The Kier molecular flexibility index (Phi) is 10.6. The van der Waals surface area contributed by atoms with Gasteiger partial charge in [0, 0.05) is 20.5 Å². The van der Waals surface area contributed by atoms with Crippen molar-refractivity contribution in [2.75, 3.05) is 0 Å². The molecule has 0 bridgehead atoms. The fourth-order valence-corrected chi connectivity index (χ4v) is 5.03. The van der Waals surface area contributed by atoms with E-state index in [1.807, 2.05) is 83.3 Å². The molecule has 0 saturated carbocycles. The molecule has 2 N–H and O–H groups in total. The Hall–Kier alpha value is -3.53. The first-order chi connectivity index (χ1) is 18.4. The number of hydrogen-bond acceptors (Lipinski definition) is 5. The van der Waals surface area contributed by atoms with Gasteiger partial charge in [-0.05, 0) is 75.3 Å². The zero-order valence-corrected chi connectivity index (χ0v) is 24.4. The molecule has 9 heteroatoms. The topological polar surface area (TPSA) is 115 Å². The fourth-order valence-electron chi connectivity index (χ4n) is 4.02. The minimum Gasteiger partial charge on any atom is -0.870 e. The molecule has 0 atom stereocenters. The predicted octanol–water partition coefficient (Wildman–Crippen LogP) is 6.58. The number of hydrogen-bond donors (Lipinski definition) is 0. The second kappa shape index (κ2) is 13.7. The van der Waals surface area contributed by atoms with Crippen LogP contribution < -0.4 is 10.7 Å². The zero-order chi connectivity index (χ0) is 26.6. The van der Waals surface area contributed by atoms with Gasteiger partial charge in [0.15, 0.2) is 5.78 Å². The van der Waals surface area contributed by atoms with E-state index in [0.717, 1.165) is 27.1 Å². The van der Waals surface area contributed by atoms with Crippen LogP contribution in [0.2, 0.25) is 5.02 Å². The van der Waals surface area contributed by atoms with E-state index in [0.29, 0.717) is 19.7 Å². The zero-order valence-electron chi connectivity index (χ0n) is 20.5. The second-order valence-electron chi connectivity index (χ2n) is 8.32. The number of carbonyl (C=O) groups is 1. The summed E-state index contributed by atoms with van der Waals surface area (Å²) in [5.41, 5.74) is 1.24. The molecule has 0 spiro atoms. The number of rotatable bonds is 3. The van der Waals surface area contributed by atoms with Crippen LogP contribution in [-0.4, -0.2) is 16.2 Å². The van der Waals surface area contributed by atoms with Crippen LogP contribution in [0.5, 0.6) is 5.75 Å². The molecule has 0 fully saturated rings. The van der Waals surface area contributed by atoms with E-state index in [-0.39, 0.29) is 39.6 Å². The summed E-state index contributed by atoms with van der Waals surface area (Å²) in [6.45, 7) is 0. The van der Waals surface area contributed by atoms with Gasteiger partial charge in [-0.25, -0.2) is 4.79 Å². The van der Waals surface area contributed by atoms with Gasteiger partial charge in [-0.2, -0.15) is 0 Å². The van der Waals surface area contributed by atoms with Crippen LogP contribution in [0.3, 0.4) is 0 Å². The monoisotopic (exact) mass is 711 g/mol. The Labute approximate surface area is 258 Å². The van der Waals surface area contributed by atoms with Crippen LogP contribution in [0.4, 0.5) is 0 Å². The smallest absolute Gasteiger partial charge is 0.870 e. The normalized spacial score (nSPS) is 10.6. The Morgan fingerprint density at radius 1 is 0.900 bits per heavy atom. The van der Waals surface area contributed by atoms with E-state index in [2.05, 4.69) is 4.98 Å². The summed E-state index contributed by atoms with van der Waals surface area (Å²) in [7, 11) is 0. The molecule has 6 nitrogen and oxygen atoms in total. The van der Waals surface area contributed by atoms with Gasteiger partial charge in [-0.15, -0.1) is 0 Å². The van der Waals surface area contributed by atoms with Gasteiger partial charge in [-0.3, -0.25) is 9.78 Å². The standard InChI is InChI=1S/C22H14O3.C9H5ClINO.Cu.H2O/c23-20(12-10-15-6-2-1-3-7-15)19-14-18-17-9-5-4-8-16(17)11-13-21(18)25-22(19)24;10-6-4-7(11)9(13)8-5(6)2-1-3-12-8;;/h1-14H;1-4,13H;;1H2/q;;+1;/p-1/b12-10+;;;. The molecular formula is C31H20ClCuINO5. The number of pyridine rings is 1. The Morgan fingerprint density at radius 2 is 1.60 bits per heavy atom. The molecule has 0 saturated heterocycles. The van der Waals surface area contributed by atoms with E-state index in [1.165, 1.54) is 6.08 Å². The van der Waals surface area contributed by atoms with Crippen molar-refractivity contribution in [3.63, 3.8) is 0 Å². The van der Waals surface area contributed by atoms with Crippen molar-refractivity contribution in [3.8, 4) is 5.75 Å². The summed E-state index contributed by atoms with van der Waals surface area (Å²) in [5.74, 6) is -0.423. The molecule has 0 aliphatic rings. The summed E-state index contributed by atoms with van der Waals surface area (Å²) in [6, 6.07) is 27.8. The summed E-state index contributed by atoms with van der Waals surface area (Å²) in [5, 5.41) is 15.6. The minimum absolute atomic E-state index is 0. The fraction of sp³-hybridized carbons (Fsp3) is 0. The Bertz CT molecular complexity index is 1910. The van der Waals surface area contributed by atoms with Crippen molar-refractivity contribution >= 4 is 78.7 Å². The largest absolute Gasteiger partial charge is 1.00 e. The second-order valence-corrected chi connectivity index (χ2v) is 9.89.